The molecule has 1 aliphatic rings. The molecule has 0 aliphatic carbocycles. The smallest absolute Gasteiger partial charge is 0.130 e. The van der Waals surface area contributed by atoms with Gasteiger partial charge in [0, 0.05) is 10.8 Å². The van der Waals surface area contributed by atoms with Gasteiger partial charge in [-0.2, -0.15) is 12.6 Å². The molecule has 2 atom stereocenters. The third-order valence-electron chi connectivity index (χ3n) is 5.38. The van der Waals surface area contributed by atoms with E-state index in [9.17, 15) is 0 Å². The fourth-order valence-electron chi connectivity index (χ4n) is 3.46. The van der Waals surface area contributed by atoms with E-state index in [2.05, 4.69) is 53.0 Å². The first-order chi connectivity index (χ1) is 11.7. The highest BCUT2D eigenvalue weighted by atomic mass is 33.1. The minimum absolute atomic E-state index is 0.00772. The predicted octanol–water partition coefficient (Wildman–Crippen LogP) is 7.70. The maximum absolute atomic E-state index is 15.3. The van der Waals surface area contributed by atoms with Gasteiger partial charge >= 0.3 is 0 Å². The van der Waals surface area contributed by atoms with Gasteiger partial charge < -0.3 is 0 Å². The van der Waals surface area contributed by atoms with Gasteiger partial charge in [-0.05, 0) is 71.8 Å². The van der Waals surface area contributed by atoms with E-state index < -0.39 is 0 Å². The molecule has 1 fully saturated rings. The van der Waals surface area contributed by atoms with Crippen molar-refractivity contribution in [1.82, 2.24) is 0 Å². The van der Waals surface area contributed by atoms with Crippen molar-refractivity contribution in [2.75, 3.05) is 5.75 Å². The highest BCUT2D eigenvalue weighted by Crippen LogP contribution is 2.55. The molecule has 0 radical (unpaired) electrons. The Bertz CT molecular complexity index is 637. The molecule has 1 aromatic carbocycles. The van der Waals surface area contributed by atoms with Gasteiger partial charge in [-0.15, -0.1) is 0 Å². The molecule has 1 heterocycles. The Morgan fingerprint density at radius 2 is 2.04 bits per heavy atom. The number of aryl methyl sites for hydroxylation is 1. The lowest BCUT2D eigenvalue weighted by atomic mass is 9.84. The van der Waals surface area contributed by atoms with Crippen molar-refractivity contribution >= 4 is 34.2 Å². The fraction of sp³-hybridized carbons (Fsp3) is 0.619. The monoisotopic (exact) mass is 398 g/mol. The van der Waals surface area contributed by atoms with Gasteiger partial charge in [-0.1, -0.05) is 61.4 Å². The summed E-state index contributed by atoms with van der Waals surface area (Å²) < 4.78 is 15.3. The number of thiol groups is 1. The summed E-state index contributed by atoms with van der Waals surface area (Å²) in [6, 6.07) is 2.11. The van der Waals surface area contributed by atoms with Crippen molar-refractivity contribution in [3.8, 4) is 0 Å². The molecule has 2 rings (SSSR count). The predicted molar refractivity (Wildman–Crippen MR) is 117 cm³/mol. The number of rotatable bonds is 6. The van der Waals surface area contributed by atoms with E-state index in [1.807, 2.05) is 6.92 Å². The van der Waals surface area contributed by atoms with Gasteiger partial charge in [0.05, 0.1) is 0 Å². The molecule has 0 N–H and O–H groups in total. The summed E-state index contributed by atoms with van der Waals surface area (Å²) >= 11 is 4.45. The van der Waals surface area contributed by atoms with Crippen molar-refractivity contribution in [1.29, 1.82) is 0 Å². The Kier molecular flexibility index (Phi) is 7.44. The SMILES string of the molecule is C=C1CC(CC)C(c2cc(C)c(CCC(C)(C)CS)c(C)c2F)SS1. The number of halogens is 1. The lowest BCUT2D eigenvalue weighted by Gasteiger charge is -2.32. The summed E-state index contributed by atoms with van der Waals surface area (Å²) in [6.07, 6.45) is 4.01. The summed E-state index contributed by atoms with van der Waals surface area (Å²) in [5, 5.41) is 0.223. The highest BCUT2D eigenvalue weighted by Gasteiger charge is 2.31. The third kappa shape index (κ3) is 5.01. The fourth-order valence-corrected chi connectivity index (χ4v) is 6.57. The lowest BCUT2D eigenvalue weighted by Crippen LogP contribution is -2.17. The molecule has 0 spiro atoms. The van der Waals surface area contributed by atoms with Gasteiger partial charge in [0.2, 0.25) is 0 Å². The normalized spacial score (nSPS) is 21.6. The average Bonchev–Trinajstić information content (AvgIpc) is 2.58. The van der Waals surface area contributed by atoms with Crippen LogP contribution in [0.1, 0.15) is 67.5 Å². The number of hydrogen-bond donors (Lipinski definition) is 1. The minimum Gasteiger partial charge on any atom is -0.206 e. The van der Waals surface area contributed by atoms with Crippen LogP contribution in [0.2, 0.25) is 0 Å². The Balaban J connectivity index is 2.32. The van der Waals surface area contributed by atoms with Gasteiger partial charge in [0.15, 0.2) is 0 Å². The molecule has 1 aromatic rings. The van der Waals surface area contributed by atoms with Crippen LogP contribution in [0.4, 0.5) is 4.39 Å². The molecule has 140 valence electrons. The van der Waals surface area contributed by atoms with Crippen molar-refractivity contribution < 1.29 is 4.39 Å². The quantitative estimate of drug-likeness (QED) is 0.385. The van der Waals surface area contributed by atoms with Gasteiger partial charge in [-0.25, -0.2) is 4.39 Å². The molecule has 0 nitrogen and oxygen atoms in total. The molecular weight excluding hydrogens is 367 g/mol. The molecule has 1 aliphatic heterocycles. The molecule has 0 saturated carbocycles. The average molecular weight is 399 g/mol. The van der Waals surface area contributed by atoms with Crippen LogP contribution in [0.15, 0.2) is 17.6 Å². The van der Waals surface area contributed by atoms with E-state index in [4.69, 9.17) is 0 Å². The van der Waals surface area contributed by atoms with Crippen LogP contribution in [0.25, 0.3) is 0 Å². The summed E-state index contributed by atoms with van der Waals surface area (Å²) in [5.41, 5.74) is 4.33. The number of hydrogen-bond acceptors (Lipinski definition) is 3. The maximum Gasteiger partial charge on any atom is 0.130 e. The first-order valence-corrected chi connectivity index (χ1v) is 11.9. The lowest BCUT2D eigenvalue weighted by molar-refractivity contribution is 0.387. The van der Waals surface area contributed by atoms with Crippen molar-refractivity contribution in [3.05, 3.63) is 45.6 Å². The molecule has 0 bridgehead atoms. The third-order valence-corrected chi connectivity index (χ3v) is 9.20. The second-order valence-corrected chi connectivity index (χ2v) is 10.9. The van der Waals surface area contributed by atoms with Gasteiger partial charge in [0.25, 0.3) is 0 Å². The zero-order valence-electron chi connectivity index (χ0n) is 16.1. The van der Waals surface area contributed by atoms with Crippen molar-refractivity contribution in [2.24, 2.45) is 11.3 Å². The van der Waals surface area contributed by atoms with E-state index in [0.717, 1.165) is 42.6 Å². The molecule has 25 heavy (non-hydrogen) atoms. The van der Waals surface area contributed by atoms with Crippen LogP contribution in [-0.4, -0.2) is 5.75 Å². The Morgan fingerprint density at radius 3 is 2.64 bits per heavy atom. The Labute approximate surface area is 166 Å². The Morgan fingerprint density at radius 1 is 1.36 bits per heavy atom. The van der Waals surface area contributed by atoms with Crippen LogP contribution in [0.5, 0.6) is 0 Å². The van der Waals surface area contributed by atoms with Crippen LogP contribution < -0.4 is 0 Å². The molecule has 1 saturated heterocycles. The van der Waals surface area contributed by atoms with Crippen LogP contribution in [0, 0.1) is 31.0 Å². The molecule has 4 heteroatoms. The van der Waals surface area contributed by atoms with E-state index in [-0.39, 0.29) is 16.5 Å². The zero-order valence-corrected chi connectivity index (χ0v) is 18.6. The molecule has 0 amide bonds. The van der Waals surface area contributed by atoms with E-state index >= 15 is 4.39 Å². The molecular formula is C21H31FS3. The number of benzene rings is 1. The molecule has 2 unspecified atom stereocenters. The van der Waals surface area contributed by atoms with Crippen LogP contribution in [-0.2, 0) is 6.42 Å². The zero-order chi connectivity index (χ0) is 18.8. The summed E-state index contributed by atoms with van der Waals surface area (Å²) in [7, 11) is 3.51. The van der Waals surface area contributed by atoms with E-state index in [1.54, 1.807) is 21.6 Å². The second-order valence-electron chi connectivity index (χ2n) is 8.03. The van der Waals surface area contributed by atoms with Crippen molar-refractivity contribution in [3.63, 3.8) is 0 Å². The standard InChI is InChI=1S/C21H31FS3/c1-7-16-11-14(3)24-25-20(16)18-10-13(2)17(15(4)19(18)22)8-9-21(5,6)12-23/h10,16,20,23H,3,7-9,11-12H2,1-2,4-6H3. The minimum atomic E-state index is 0.00772. The summed E-state index contributed by atoms with van der Waals surface area (Å²) in [5.74, 6) is 1.33. The Hall–Kier alpha value is -0.0600. The largest absolute Gasteiger partial charge is 0.206 e. The van der Waals surface area contributed by atoms with Crippen molar-refractivity contribution in [2.45, 2.75) is 65.6 Å². The van der Waals surface area contributed by atoms with Gasteiger partial charge in [0.1, 0.15) is 5.82 Å². The highest BCUT2D eigenvalue weighted by molar-refractivity contribution is 8.78. The van der Waals surface area contributed by atoms with E-state index in [0.29, 0.717) is 5.92 Å². The topological polar surface area (TPSA) is 0 Å². The van der Waals surface area contributed by atoms with Crippen LogP contribution >= 0.6 is 34.2 Å². The molecule has 0 aromatic heterocycles. The summed E-state index contributed by atoms with van der Waals surface area (Å²) in [4.78, 5) is 1.22. The second kappa shape index (κ2) is 8.75. The summed E-state index contributed by atoms with van der Waals surface area (Å²) in [6.45, 7) is 14.9. The number of allylic oxidation sites excluding steroid dienone is 1. The van der Waals surface area contributed by atoms with Crippen LogP contribution in [0.3, 0.4) is 0 Å². The first kappa shape index (κ1) is 21.2. The van der Waals surface area contributed by atoms with Gasteiger partial charge in [-0.3, -0.25) is 0 Å². The maximum atomic E-state index is 15.3. The van der Waals surface area contributed by atoms with E-state index in [1.165, 1.54) is 16.0 Å². The first-order valence-electron chi connectivity index (χ1n) is 9.10.